The summed E-state index contributed by atoms with van der Waals surface area (Å²) in [6.07, 6.45) is 1.31. The lowest BCUT2D eigenvalue weighted by molar-refractivity contribution is 0.0599. The number of nitrogens with zero attached hydrogens (tertiary/aromatic N) is 1. The number of carbonyl (C=O) groups is 2. The minimum Gasteiger partial charge on any atom is -0.497 e. The SMILES string of the molecule is COC(=O)c1ccc(C(=O)NCc2ccc(OC)cc2)nc1. The number of carbonyl (C=O) groups excluding carboxylic acids is 2. The van der Waals surface area contributed by atoms with Crippen LogP contribution >= 0.6 is 0 Å². The molecule has 1 aromatic carbocycles. The number of pyridine rings is 1. The van der Waals surface area contributed by atoms with Gasteiger partial charge in [0.1, 0.15) is 11.4 Å². The summed E-state index contributed by atoms with van der Waals surface area (Å²) in [6, 6.07) is 10.4. The molecule has 0 bridgehead atoms. The Morgan fingerprint density at radius 2 is 1.82 bits per heavy atom. The molecule has 1 amide bonds. The lowest BCUT2D eigenvalue weighted by atomic mass is 10.2. The number of rotatable bonds is 5. The summed E-state index contributed by atoms with van der Waals surface area (Å²) in [5.74, 6) is -0.0416. The topological polar surface area (TPSA) is 77.5 Å². The van der Waals surface area contributed by atoms with Crippen LogP contribution < -0.4 is 10.1 Å². The van der Waals surface area contributed by atoms with Gasteiger partial charge in [-0.2, -0.15) is 0 Å². The van der Waals surface area contributed by atoms with Crippen molar-refractivity contribution in [2.24, 2.45) is 0 Å². The van der Waals surface area contributed by atoms with Crippen LogP contribution in [-0.2, 0) is 11.3 Å². The van der Waals surface area contributed by atoms with Crippen molar-refractivity contribution in [1.82, 2.24) is 10.3 Å². The molecule has 0 atom stereocenters. The summed E-state index contributed by atoms with van der Waals surface area (Å²) >= 11 is 0. The van der Waals surface area contributed by atoms with Crippen LogP contribution in [0.1, 0.15) is 26.4 Å². The number of esters is 1. The molecule has 1 N–H and O–H groups in total. The fraction of sp³-hybridized carbons (Fsp3) is 0.188. The minimum atomic E-state index is -0.488. The van der Waals surface area contributed by atoms with E-state index < -0.39 is 5.97 Å². The first-order valence-electron chi connectivity index (χ1n) is 6.59. The zero-order chi connectivity index (χ0) is 15.9. The number of methoxy groups -OCH3 is 2. The number of ether oxygens (including phenoxy) is 2. The zero-order valence-electron chi connectivity index (χ0n) is 12.3. The summed E-state index contributed by atoms with van der Waals surface area (Å²) in [5, 5.41) is 2.76. The average Bonchev–Trinajstić information content (AvgIpc) is 2.59. The van der Waals surface area contributed by atoms with Gasteiger partial charge in [-0.1, -0.05) is 12.1 Å². The highest BCUT2D eigenvalue weighted by molar-refractivity contribution is 5.94. The van der Waals surface area contributed by atoms with Gasteiger partial charge in [0.05, 0.1) is 19.8 Å². The summed E-state index contributed by atoms with van der Waals surface area (Å²) in [7, 11) is 2.89. The molecular formula is C16H16N2O4. The first kappa shape index (κ1) is 15.5. The normalized spacial score (nSPS) is 9.91. The minimum absolute atomic E-state index is 0.237. The third kappa shape index (κ3) is 3.82. The number of nitrogens with one attached hydrogen (secondary N) is 1. The van der Waals surface area contributed by atoms with E-state index in [-0.39, 0.29) is 11.6 Å². The standard InChI is InChI=1S/C16H16N2O4/c1-21-13-6-3-11(4-7-13)9-18-15(19)14-8-5-12(10-17-14)16(20)22-2/h3-8,10H,9H2,1-2H3,(H,18,19). The van der Waals surface area contributed by atoms with Crippen LogP contribution in [0.5, 0.6) is 5.75 Å². The maximum Gasteiger partial charge on any atom is 0.339 e. The second kappa shape index (κ2) is 7.21. The Kier molecular flexibility index (Phi) is 5.08. The molecule has 1 aromatic heterocycles. The van der Waals surface area contributed by atoms with Crippen molar-refractivity contribution in [3.05, 3.63) is 59.4 Å². The van der Waals surface area contributed by atoms with Crippen molar-refractivity contribution < 1.29 is 19.1 Å². The lowest BCUT2D eigenvalue weighted by Crippen LogP contribution is -2.23. The van der Waals surface area contributed by atoms with E-state index in [0.29, 0.717) is 12.1 Å². The highest BCUT2D eigenvalue weighted by atomic mass is 16.5. The van der Waals surface area contributed by atoms with E-state index in [0.717, 1.165) is 11.3 Å². The Labute approximate surface area is 128 Å². The molecule has 0 radical (unpaired) electrons. The molecule has 0 fully saturated rings. The first-order valence-corrected chi connectivity index (χ1v) is 6.59. The smallest absolute Gasteiger partial charge is 0.339 e. The van der Waals surface area contributed by atoms with E-state index in [4.69, 9.17) is 4.74 Å². The van der Waals surface area contributed by atoms with E-state index in [1.807, 2.05) is 24.3 Å². The molecule has 0 aliphatic heterocycles. The Morgan fingerprint density at radius 1 is 1.09 bits per heavy atom. The zero-order valence-corrected chi connectivity index (χ0v) is 12.3. The van der Waals surface area contributed by atoms with Crippen LogP contribution in [-0.4, -0.2) is 31.1 Å². The highest BCUT2D eigenvalue weighted by Crippen LogP contribution is 2.11. The predicted molar refractivity (Wildman–Crippen MR) is 79.7 cm³/mol. The van der Waals surface area contributed by atoms with Crippen molar-refractivity contribution in [1.29, 1.82) is 0 Å². The van der Waals surface area contributed by atoms with Crippen molar-refractivity contribution >= 4 is 11.9 Å². The number of hydrogen-bond donors (Lipinski definition) is 1. The molecule has 22 heavy (non-hydrogen) atoms. The largest absolute Gasteiger partial charge is 0.497 e. The van der Waals surface area contributed by atoms with Gasteiger partial charge in [-0.3, -0.25) is 9.78 Å². The molecule has 2 rings (SSSR count). The fourth-order valence-electron chi connectivity index (χ4n) is 1.78. The van der Waals surface area contributed by atoms with Gasteiger partial charge in [0.25, 0.3) is 5.91 Å². The molecule has 0 spiro atoms. The van der Waals surface area contributed by atoms with Crippen LogP contribution in [0.25, 0.3) is 0 Å². The number of amides is 1. The second-order valence-electron chi connectivity index (χ2n) is 4.45. The van der Waals surface area contributed by atoms with Gasteiger partial charge in [-0.05, 0) is 29.8 Å². The molecule has 0 unspecified atom stereocenters. The predicted octanol–water partition coefficient (Wildman–Crippen LogP) is 1.81. The van der Waals surface area contributed by atoms with Crippen molar-refractivity contribution in [2.75, 3.05) is 14.2 Å². The molecule has 6 heteroatoms. The van der Waals surface area contributed by atoms with E-state index in [1.165, 1.54) is 25.4 Å². The molecule has 1 heterocycles. The molecule has 2 aromatic rings. The van der Waals surface area contributed by atoms with Crippen molar-refractivity contribution in [2.45, 2.75) is 6.54 Å². The van der Waals surface area contributed by atoms with E-state index in [1.54, 1.807) is 7.11 Å². The molecular weight excluding hydrogens is 284 g/mol. The second-order valence-corrected chi connectivity index (χ2v) is 4.45. The Hall–Kier alpha value is -2.89. The molecule has 0 aliphatic rings. The molecule has 114 valence electrons. The van der Waals surface area contributed by atoms with Gasteiger partial charge < -0.3 is 14.8 Å². The maximum absolute atomic E-state index is 12.0. The Morgan fingerprint density at radius 3 is 2.36 bits per heavy atom. The summed E-state index contributed by atoms with van der Waals surface area (Å²) in [6.45, 7) is 0.378. The van der Waals surface area contributed by atoms with Crippen LogP contribution in [0.2, 0.25) is 0 Å². The highest BCUT2D eigenvalue weighted by Gasteiger charge is 2.10. The van der Waals surface area contributed by atoms with E-state index in [9.17, 15) is 9.59 Å². The van der Waals surface area contributed by atoms with E-state index >= 15 is 0 Å². The number of aromatic nitrogens is 1. The van der Waals surface area contributed by atoms with Crippen LogP contribution in [0, 0.1) is 0 Å². The summed E-state index contributed by atoms with van der Waals surface area (Å²) in [4.78, 5) is 27.2. The summed E-state index contributed by atoms with van der Waals surface area (Å²) in [5.41, 5.74) is 1.48. The van der Waals surface area contributed by atoms with Crippen LogP contribution in [0.3, 0.4) is 0 Å². The Balaban J connectivity index is 1.95. The van der Waals surface area contributed by atoms with Crippen molar-refractivity contribution in [3.63, 3.8) is 0 Å². The average molecular weight is 300 g/mol. The van der Waals surface area contributed by atoms with Gasteiger partial charge in [0.15, 0.2) is 0 Å². The fourth-order valence-corrected chi connectivity index (χ4v) is 1.78. The molecule has 0 saturated heterocycles. The monoisotopic (exact) mass is 300 g/mol. The van der Waals surface area contributed by atoms with Gasteiger partial charge in [0.2, 0.25) is 0 Å². The molecule has 6 nitrogen and oxygen atoms in total. The third-order valence-electron chi connectivity index (χ3n) is 3.03. The van der Waals surface area contributed by atoms with E-state index in [2.05, 4.69) is 15.0 Å². The van der Waals surface area contributed by atoms with Gasteiger partial charge in [-0.25, -0.2) is 4.79 Å². The molecule has 0 saturated carbocycles. The number of hydrogen-bond acceptors (Lipinski definition) is 5. The van der Waals surface area contributed by atoms with Gasteiger partial charge in [-0.15, -0.1) is 0 Å². The lowest BCUT2D eigenvalue weighted by Gasteiger charge is -2.06. The maximum atomic E-state index is 12.0. The quantitative estimate of drug-likeness (QED) is 0.852. The van der Waals surface area contributed by atoms with Gasteiger partial charge in [0, 0.05) is 12.7 Å². The van der Waals surface area contributed by atoms with Crippen LogP contribution in [0.15, 0.2) is 42.6 Å². The van der Waals surface area contributed by atoms with Crippen LogP contribution in [0.4, 0.5) is 0 Å². The Bertz CT molecular complexity index is 651. The molecule has 0 aliphatic carbocycles. The van der Waals surface area contributed by atoms with Crippen molar-refractivity contribution in [3.8, 4) is 5.75 Å². The van der Waals surface area contributed by atoms with Gasteiger partial charge >= 0.3 is 5.97 Å². The number of benzene rings is 1. The first-order chi connectivity index (χ1) is 10.6. The third-order valence-corrected chi connectivity index (χ3v) is 3.03. The summed E-state index contributed by atoms with van der Waals surface area (Å²) < 4.78 is 9.64.